The second kappa shape index (κ2) is 3.90. The molecule has 5 heteroatoms. The van der Waals surface area contributed by atoms with E-state index in [1.54, 1.807) is 0 Å². The number of aromatic hydroxyl groups is 2. The number of hydrogen-bond acceptors (Lipinski definition) is 4. The smallest absolute Gasteiger partial charge is 0.336 e. The number of aromatic carboxylic acids is 1. The number of benzene rings is 1. The Labute approximate surface area is 85.2 Å². The van der Waals surface area contributed by atoms with Gasteiger partial charge in [0.2, 0.25) is 0 Å². The highest BCUT2D eigenvalue weighted by Crippen LogP contribution is 2.35. The van der Waals surface area contributed by atoms with Gasteiger partial charge in [-0.1, -0.05) is 5.92 Å². The molecule has 0 aromatic heterocycles. The monoisotopic (exact) mass is 208 g/mol. The van der Waals surface area contributed by atoms with E-state index in [1.807, 2.05) is 5.92 Å². The van der Waals surface area contributed by atoms with Crippen LogP contribution in [0.4, 0.5) is 0 Å². The van der Waals surface area contributed by atoms with E-state index in [0.717, 1.165) is 12.1 Å². The maximum absolute atomic E-state index is 10.7. The Balaban J connectivity index is 3.50. The Hall–Kier alpha value is -2.19. The Bertz CT molecular complexity index is 444. The first-order valence-corrected chi connectivity index (χ1v) is 3.91. The topological polar surface area (TPSA) is 98.0 Å². The molecule has 0 aliphatic carbocycles. The first-order chi connectivity index (χ1) is 6.99. The largest absolute Gasteiger partial charge is 0.504 e. The molecule has 15 heavy (non-hydrogen) atoms. The van der Waals surface area contributed by atoms with Crippen LogP contribution in [0.25, 0.3) is 0 Å². The Morgan fingerprint density at radius 3 is 2.47 bits per heavy atom. The standard InChI is InChI=1S/C10H8O5/c1-2-6(11)8-5(10(14)15)3-4-7(12)9(8)13/h1,3-4,6,11-13H,(H,14,15). The number of rotatable bonds is 2. The Kier molecular flexibility index (Phi) is 2.83. The highest BCUT2D eigenvalue weighted by Gasteiger charge is 2.21. The summed E-state index contributed by atoms with van der Waals surface area (Å²) in [7, 11) is 0. The van der Waals surface area contributed by atoms with Crippen LogP contribution in [0.15, 0.2) is 12.1 Å². The molecule has 5 nitrogen and oxygen atoms in total. The number of phenolic OH excluding ortho intramolecular Hbond substituents is 2. The van der Waals surface area contributed by atoms with Gasteiger partial charge in [0.05, 0.1) is 11.1 Å². The van der Waals surface area contributed by atoms with Crippen molar-refractivity contribution in [2.24, 2.45) is 0 Å². The molecule has 1 atom stereocenters. The predicted octanol–water partition coefficient (Wildman–Crippen LogP) is 0.463. The van der Waals surface area contributed by atoms with Crippen molar-refractivity contribution in [1.29, 1.82) is 0 Å². The van der Waals surface area contributed by atoms with Gasteiger partial charge in [0, 0.05) is 0 Å². The summed E-state index contributed by atoms with van der Waals surface area (Å²) in [6.45, 7) is 0. The fraction of sp³-hybridized carbons (Fsp3) is 0.100. The van der Waals surface area contributed by atoms with Gasteiger partial charge in [-0.3, -0.25) is 0 Å². The number of phenols is 2. The SMILES string of the molecule is C#CC(O)c1c(C(=O)O)ccc(O)c1O. The number of carboxylic acid groups (broad SMARTS) is 1. The van der Waals surface area contributed by atoms with Gasteiger partial charge in [0.1, 0.15) is 6.10 Å². The molecule has 0 fully saturated rings. The number of aliphatic hydroxyl groups excluding tert-OH is 1. The van der Waals surface area contributed by atoms with Crippen LogP contribution in [0.1, 0.15) is 22.0 Å². The average Bonchev–Trinajstić information content (AvgIpc) is 2.20. The number of carboxylic acids is 1. The molecule has 0 radical (unpaired) electrons. The molecule has 1 aromatic rings. The van der Waals surface area contributed by atoms with Crippen molar-refractivity contribution in [3.05, 3.63) is 23.3 Å². The maximum atomic E-state index is 10.7. The Morgan fingerprint density at radius 1 is 1.40 bits per heavy atom. The van der Waals surface area contributed by atoms with Crippen LogP contribution >= 0.6 is 0 Å². The molecule has 4 N–H and O–H groups in total. The lowest BCUT2D eigenvalue weighted by atomic mass is 10.0. The van der Waals surface area contributed by atoms with Gasteiger partial charge >= 0.3 is 5.97 Å². The van der Waals surface area contributed by atoms with Gasteiger partial charge in [-0.2, -0.15) is 0 Å². The first-order valence-electron chi connectivity index (χ1n) is 3.91. The summed E-state index contributed by atoms with van der Waals surface area (Å²) < 4.78 is 0. The second-order valence-electron chi connectivity index (χ2n) is 2.77. The van der Waals surface area contributed by atoms with Crippen molar-refractivity contribution >= 4 is 5.97 Å². The van der Waals surface area contributed by atoms with Crippen molar-refractivity contribution < 1.29 is 25.2 Å². The Morgan fingerprint density at radius 2 is 2.00 bits per heavy atom. The quantitative estimate of drug-likeness (QED) is 0.418. The van der Waals surface area contributed by atoms with E-state index >= 15 is 0 Å². The van der Waals surface area contributed by atoms with Crippen LogP contribution in [-0.2, 0) is 0 Å². The molecule has 0 amide bonds. The molecule has 1 rings (SSSR count). The van der Waals surface area contributed by atoms with Crippen molar-refractivity contribution in [2.75, 3.05) is 0 Å². The normalized spacial score (nSPS) is 11.7. The minimum absolute atomic E-state index is 0.351. The summed E-state index contributed by atoms with van der Waals surface area (Å²) in [5, 5.41) is 36.5. The molecule has 0 aliphatic rings. The molecular weight excluding hydrogens is 200 g/mol. The van der Waals surface area contributed by atoms with Gasteiger partial charge in [0.25, 0.3) is 0 Å². The van der Waals surface area contributed by atoms with E-state index in [0.29, 0.717) is 0 Å². The van der Waals surface area contributed by atoms with Crippen LogP contribution in [0.3, 0.4) is 0 Å². The molecule has 0 aliphatic heterocycles. The molecule has 0 spiro atoms. The van der Waals surface area contributed by atoms with Crippen LogP contribution in [0.2, 0.25) is 0 Å². The third kappa shape index (κ3) is 1.85. The second-order valence-corrected chi connectivity index (χ2v) is 2.77. The number of hydrogen-bond donors (Lipinski definition) is 4. The predicted molar refractivity (Wildman–Crippen MR) is 50.5 cm³/mol. The van der Waals surface area contributed by atoms with Gasteiger partial charge in [-0.05, 0) is 12.1 Å². The molecule has 0 bridgehead atoms. The van der Waals surface area contributed by atoms with E-state index < -0.39 is 23.6 Å². The first kappa shape index (κ1) is 10.9. The average molecular weight is 208 g/mol. The van der Waals surface area contributed by atoms with Crippen molar-refractivity contribution in [3.63, 3.8) is 0 Å². The van der Waals surface area contributed by atoms with E-state index in [4.69, 9.17) is 16.6 Å². The van der Waals surface area contributed by atoms with Crippen molar-refractivity contribution in [1.82, 2.24) is 0 Å². The van der Waals surface area contributed by atoms with Gasteiger partial charge in [-0.25, -0.2) is 4.79 Å². The lowest BCUT2D eigenvalue weighted by Gasteiger charge is -2.11. The van der Waals surface area contributed by atoms with E-state index in [1.165, 1.54) is 0 Å². The minimum atomic E-state index is -1.58. The van der Waals surface area contributed by atoms with Crippen LogP contribution in [0.5, 0.6) is 11.5 Å². The summed E-state index contributed by atoms with van der Waals surface area (Å²) in [5.41, 5.74) is -0.735. The number of terminal acetylenes is 1. The van der Waals surface area contributed by atoms with E-state index in [2.05, 4.69) is 0 Å². The highest BCUT2D eigenvalue weighted by atomic mass is 16.4. The molecular formula is C10H8O5. The van der Waals surface area contributed by atoms with Gasteiger partial charge in [-0.15, -0.1) is 6.42 Å². The lowest BCUT2D eigenvalue weighted by molar-refractivity contribution is 0.0691. The molecule has 1 unspecified atom stereocenters. The third-order valence-electron chi connectivity index (χ3n) is 1.86. The van der Waals surface area contributed by atoms with Crippen LogP contribution in [0, 0.1) is 12.3 Å². The zero-order valence-corrected chi connectivity index (χ0v) is 7.51. The van der Waals surface area contributed by atoms with E-state index in [-0.39, 0.29) is 11.1 Å². The maximum Gasteiger partial charge on any atom is 0.336 e. The number of carbonyl (C=O) groups is 1. The molecule has 78 valence electrons. The highest BCUT2D eigenvalue weighted by molar-refractivity contribution is 5.91. The summed E-state index contributed by atoms with van der Waals surface area (Å²) in [4.78, 5) is 10.7. The van der Waals surface area contributed by atoms with Gasteiger partial charge < -0.3 is 20.4 Å². The van der Waals surface area contributed by atoms with Crippen molar-refractivity contribution in [3.8, 4) is 23.8 Å². The fourth-order valence-electron chi connectivity index (χ4n) is 1.14. The molecule has 0 heterocycles. The van der Waals surface area contributed by atoms with Gasteiger partial charge in [0.15, 0.2) is 11.5 Å². The zero-order valence-electron chi connectivity index (χ0n) is 7.51. The summed E-state index contributed by atoms with van der Waals surface area (Å²) in [5.74, 6) is -0.746. The minimum Gasteiger partial charge on any atom is -0.504 e. The lowest BCUT2D eigenvalue weighted by Crippen LogP contribution is -2.06. The van der Waals surface area contributed by atoms with E-state index in [9.17, 15) is 15.0 Å². The zero-order chi connectivity index (χ0) is 11.6. The number of aliphatic hydroxyl groups is 1. The van der Waals surface area contributed by atoms with Crippen molar-refractivity contribution in [2.45, 2.75) is 6.10 Å². The fourth-order valence-corrected chi connectivity index (χ4v) is 1.14. The summed E-state index contributed by atoms with van der Waals surface area (Å²) >= 11 is 0. The molecule has 1 aromatic carbocycles. The third-order valence-corrected chi connectivity index (χ3v) is 1.86. The summed E-state index contributed by atoms with van der Waals surface area (Å²) in [6.07, 6.45) is 3.33. The van der Waals surface area contributed by atoms with Crippen LogP contribution in [-0.4, -0.2) is 26.4 Å². The van der Waals surface area contributed by atoms with Crippen LogP contribution < -0.4 is 0 Å². The molecule has 0 saturated heterocycles. The molecule has 0 saturated carbocycles. The summed E-state index contributed by atoms with van der Waals surface area (Å²) in [6, 6.07) is 2.05.